The molecule has 0 bridgehead atoms. The van der Waals surface area contributed by atoms with Crippen LogP contribution in [-0.4, -0.2) is 11.3 Å². The van der Waals surface area contributed by atoms with E-state index in [9.17, 15) is 0 Å². The summed E-state index contributed by atoms with van der Waals surface area (Å²) in [5.41, 5.74) is 0.734. The lowest BCUT2D eigenvalue weighted by atomic mass is 10.3. The standard InChI is InChI=1S/C6H7I2NO/c1-2-6(10)5(3-7)4-9-8/h2-4,10H,1H3/b5-3?,6-2+,9-4-. The Bertz CT molecular complexity index is 184. The lowest BCUT2D eigenvalue weighted by Gasteiger charge is -1.94. The molecule has 0 aliphatic rings. The molecule has 0 aromatic carbocycles. The first-order valence-corrected chi connectivity index (χ1v) is 4.77. The van der Waals surface area contributed by atoms with E-state index in [-0.39, 0.29) is 5.76 Å². The fraction of sp³-hybridized carbons (Fsp3) is 0.167. The summed E-state index contributed by atoms with van der Waals surface area (Å²) < 4.78 is 5.52. The number of aliphatic hydroxyl groups excluding tert-OH is 1. The number of hydrogen-bond acceptors (Lipinski definition) is 2. The normalized spacial score (nSPS) is 14.7. The first-order valence-electron chi connectivity index (χ1n) is 2.56. The highest BCUT2D eigenvalue weighted by Crippen LogP contribution is 2.07. The van der Waals surface area contributed by atoms with Gasteiger partial charge in [0, 0.05) is 11.8 Å². The molecule has 0 heterocycles. The van der Waals surface area contributed by atoms with Crippen molar-refractivity contribution in [2.24, 2.45) is 3.21 Å². The second kappa shape index (κ2) is 6.14. The van der Waals surface area contributed by atoms with E-state index in [1.165, 1.54) is 0 Å². The zero-order chi connectivity index (χ0) is 7.98. The molecule has 10 heavy (non-hydrogen) atoms. The smallest absolute Gasteiger partial charge is 0.120 e. The highest BCUT2D eigenvalue weighted by atomic mass is 127. The van der Waals surface area contributed by atoms with Gasteiger partial charge in [-0.3, -0.25) is 0 Å². The maximum absolute atomic E-state index is 9.14. The number of aliphatic hydroxyl groups is 1. The Kier molecular flexibility index (Phi) is 6.39. The average Bonchev–Trinajstić information content (AvgIpc) is 1.99. The van der Waals surface area contributed by atoms with Crippen molar-refractivity contribution in [2.75, 3.05) is 0 Å². The van der Waals surface area contributed by atoms with Crippen molar-refractivity contribution in [3.63, 3.8) is 0 Å². The van der Waals surface area contributed by atoms with Gasteiger partial charge in [-0.25, -0.2) is 3.21 Å². The van der Waals surface area contributed by atoms with Gasteiger partial charge in [-0.15, -0.1) is 0 Å². The third-order valence-corrected chi connectivity index (χ3v) is 1.82. The summed E-state index contributed by atoms with van der Waals surface area (Å²) in [5, 5.41) is 9.14. The number of halogens is 2. The number of allylic oxidation sites excluding steroid dienone is 2. The van der Waals surface area contributed by atoms with E-state index in [0.717, 1.165) is 5.57 Å². The fourth-order valence-electron chi connectivity index (χ4n) is 0.369. The third kappa shape index (κ3) is 3.55. The summed E-state index contributed by atoms with van der Waals surface area (Å²) in [4.78, 5) is 0. The zero-order valence-electron chi connectivity index (χ0n) is 5.38. The van der Waals surface area contributed by atoms with Crippen LogP contribution in [0.3, 0.4) is 0 Å². The van der Waals surface area contributed by atoms with Crippen LogP contribution >= 0.6 is 45.5 Å². The summed E-state index contributed by atoms with van der Waals surface area (Å²) >= 11 is 3.92. The number of rotatable bonds is 2. The Balaban J connectivity index is 4.39. The van der Waals surface area contributed by atoms with Crippen molar-refractivity contribution in [3.8, 4) is 0 Å². The van der Waals surface area contributed by atoms with Crippen LogP contribution in [0.2, 0.25) is 0 Å². The van der Waals surface area contributed by atoms with Crippen LogP contribution in [0.4, 0.5) is 0 Å². The monoisotopic (exact) mass is 363 g/mol. The van der Waals surface area contributed by atoms with Crippen LogP contribution in [0.1, 0.15) is 6.92 Å². The molecule has 0 unspecified atom stereocenters. The lowest BCUT2D eigenvalue weighted by Crippen LogP contribution is -1.86. The maximum Gasteiger partial charge on any atom is 0.120 e. The van der Waals surface area contributed by atoms with Gasteiger partial charge in [0.1, 0.15) is 5.76 Å². The molecule has 56 valence electrons. The average molecular weight is 363 g/mol. The lowest BCUT2D eigenvalue weighted by molar-refractivity contribution is 0.428. The van der Waals surface area contributed by atoms with Crippen molar-refractivity contribution in [2.45, 2.75) is 6.92 Å². The van der Waals surface area contributed by atoms with Gasteiger partial charge < -0.3 is 5.11 Å². The summed E-state index contributed by atoms with van der Waals surface area (Å²) in [7, 11) is 0. The van der Waals surface area contributed by atoms with Crippen LogP contribution in [0.25, 0.3) is 0 Å². The highest BCUT2D eigenvalue weighted by Gasteiger charge is 1.95. The van der Waals surface area contributed by atoms with Gasteiger partial charge in [0.15, 0.2) is 0 Å². The molecular weight excluding hydrogens is 356 g/mol. The van der Waals surface area contributed by atoms with E-state index in [4.69, 9.17) is 5.11 Å². The van der Waals surface area contributed by atoms with Gasteiger partial charge in [0.2, 0.25) is 0 Å². The molecule has 1 N–H and O–H groups in total. The predicted octanol–water partition coefficient (Wildman–Crippen LogP) is 3.19. The molecule has 0 saturated carbocycles. The quantitative estimate of drug-likeness (QED) is 0.348. The molecule has 0 fully saturated rings. The van der Waals surface area contributed by atoms with Crippen LogP contribution in [0.15, 0.2) is 24.7 Å². The molecule has 2 nitrogen and oxygen atoms in total. The summed E-state index contributed by atoms with van der Waals surface area (Å²) in [6, 6.07) is 0. The van der Waals surface area contributed by atoms with Crippen molar-refractivity contribution < 1.29 is 5.11 Å². The molecule has 0 spiro atoms. The van der Waals surface area contributed by atoms with Gasteiger partial charge in [-0.05, 0) is 17.1 Å². The molecule has 0 aliphatic heterocycles. The molecule has 0 aromatic heterocycles. The first-order chi connectivity index (χ1) is 4.76. The van der Waals surface area contributed by atoms with E-state index in [1.54, 1.807) is 23.3 Å². The molecule has 0 rings (SSSR count). The van der Waals surface area contributed by atoms with E-state index >= 15 is 0 Å². The maximum atomic E-state index is 9.14. The van der Waals surface area contributed by atoms with Crippen LogP contribution in [-0.2, 0) is 0 Å². The molecule has 0 radical (unpaired) electrons. The molecule has 0 amide bonds. The second-order valence-electron chi connectivity index (χ2n) is 1.47. The van der Waals surface area contributed by atoms with Crippen LogP contribution < -0.4 is 0 Å². The molecule has 0 atom stereocenters. The largest absolute Gasteiger partial charge is 0.508 e. The molecule has 0 saturated heterocycles. The van der Waals surface area contributed by atoms with E-state index < -0.39 is 0 Å². The Morgan fingerprint density at radius 2 is 2.20 bits per heavy atom. The minimum atomic E-state index is 0.259. The van der Waals surface area contributed by atoms with Crippen molar-refractivity contribution >= 4 is 51.7 Å². The SMILES string of the molecule is C/C=C(/O)C(=CI)/C=N\I. The molecular formula is C6H7I2NO. The van der Waals surface area contributed by atoms with Gasteiger partial charge in [0.05, 0.1) is 22.9 Å². The van der Waals surface area contributed by atoms with Gasteiger partial charge in [-0.2, -0.15) is 0 Å². The molecule has 4 heteroatoms. The van der Waals surface area contributed by atoms with Gasteiger partial charge in [-0.1, -0.05) is 22.6 Å². The summed E-state index contributed by atoms with van der Waals surface area (Å²) in [6.07, 6.45) is 3.23. The first kappa shape index (κ1) is 10.4. The van der Waals surface area contributed by atoms with Crippen molar-refractivity contribution in [1.82, 2.24) is 0 Å². The molecule has 0 aromatic rings. The predicted molar refractivity (Wildman–Crippen MR) is 61.0 cm³/mol. The summed E-state index contributed by atoms with van der Waals surface area (Å²) in [6.45, 7) is 1.77. The Labute approximate surface area is 87.8 Å². The fourth-order valence-corrected chi connectivity index (χ4v) is 1.15. The minimum absolute atomic E-state index is 0.259. The Morgan fingerprint density at radius 3 is 2.50 bits per heavy atom. The Hall–Kier alpha value is 0.410. The van der Waals surface area contributed by atoms with E-state index in [0.29, 0.717) is 0 Å². The van der Waals surface area contributed by atoms with Crippen LogP contribution in [0, 0.1) is 0 Å². The third-order valence-electron chi connectivity index (χ3n) is 0.875. The van der Waals surface area contributed by atoms with Gasteiger partial charge >= 0.3 is 0 Å². The number of hydrogen-bond donors (Lipinski definition) is 1. The Morgan fingerprint density at radius 1 is 1.60 bits per heavy atom. The van der Waals surface area contributed by atoms with E-state index in [2.05, 4.69) is 25.8 Å². The van der Waals surface area contributed by atoms with E-state index in [1.807, 2.05) is 22.9 Å². The van der Waals surface area contributed by atoms with Crippen molar-refractivity contribution in [1.29, 1.82) is 0 Å². The topological polar surface area (TPSA) is 32.6 Å². The van der Waals surface area contributed by atoms with Crippen molar-refractivity contribution in [3.05, 3.63) is 21.5 Å². The number of nitrogens with zero attached hydrogens (tertiary/aromatic N) is 1. The van der Waals surface area contributed by atoms with Gasteiger partial charge in [0.25, 0.3) is 0 Å². The second-order valence-corrected chi connectivity index (χ2v) is 2.64. The zero-order valence-corrected chi connectivity index (χ0v) is 9.70. The van der Waals surface area contributed by atoms with Crippen LogP contribution in [0.5, 0.6) is 0 Å². The summed E-state index contributed by atoms with van der Waals surface area (Å²) in [5.74, 6) is 0.259. The minimum Gasteiger partial charge on any atom is -0.508 e. The highest BCUT2D eigenvalue weighted by molar-refractivity contribution is 14.1. The molecule has 0 aliphatic carbocycles.